The van der Waals surface area contributed by atoms with E-state index in [0.29, 0.717) is 16.9 Å². The molecule has 1 amide bonds. The van der Waals surface area contributed by atoms with E-state index in [1.54, 1.807) is 18.2 Å². The number of carbonyl (C=O) groups excluding carboxylic acids is 2. The summed E-state index contributed by atoms with van der Waals surface area (Å²) in [5.74, 6) is -1.35. The number of amides is 1. The van der Waals surface area contributed by atoms with Gasteiger partial charge < -0.3 is 24.3 Å². The lowest BCUT2D eigenvalue weighted by atomic mass is 9.95. The number of aliphatic hydroxyl groups is 1. The van der Waals surface area contributed by atoms with Crippen LogP contribution in [0.15, 0.2) is 71.1 Å². The highest BCUT2D eigenvalue weighted by atomic mass is 16.5. The number of likely N-dealkylation sites (tertiary alicyclic amines) is 1. The number of aromatic nitrogens is 1. The van der Waals surface area contributed by atoms with Crippen molar-refractivity contribution in [2.24, 2.45) is 0 Å². The van der Waals surface area contributed by atoms with Gasteiger partial charge in [0, 0.05) is 18.0 Å². The molecule has 4 rings (SSSR count). The van der Waals surface area contributed by atoms with Crippen molar-refractivity contribution in [1.82, 2.24) is 9.88 Å². The number of methoxy groups -OCH3 is 1. The van der Waals surface area contributed by atoms with Crippen molar-refractivity contribution in [3.05, 3.63) is 83.6 Å². The van der Waals surface area contributed by atoms with Gasteiger partial charge in [-0.1, -0.05) is 6.07 Å². The summed E-state index contributed by atoms with van der Waals surface area (Å²) in [6, 6.07) is 10.1. The SMILES string of the molecule is COc1ccc(C2/C(=C(/O)c3ccncc3)C(=O)C(=O)N2Cc2ccco2)cc1O. The first-order valence-corrected chi connectivity index (χ1v) is 9.09. The van der Waals surface area contributed by atoms with Crippen LogP contribution in [0.3, 0.4) is 0 Å². The predicted octanol–water partition coefficient (Wildman–Crippen LogP) is 3.01. The highest BCUT2D eigenvalue weighted by Crippen LogP contribution is 2.42. The first-order valence-electron chi connectivity index (χ1n) is 9.09. The molecule has 3 heterocycles. The fraction of sp³-hybridized carbons (Fsp3) is 0.136. The first kappa shape index (κ1) is 19.3. The minimum Gasteiger partial charge on any atom is -0.507 e. The Morgan fingerprint density at radius 3 is 2.60 bits per heavy atom. The van der Waals surface area contributed by atoms with E-state index in [1.807, 2.05) is 0 Å². The average molecular weight is 406 g/mol. The van der Waals surface area contributed by atoms with Crippen LogP contribution in [0.1, 0.15) is 22.9 Å². The van der Waals surface area contributed by atoms with Gasteiger partial charge in [-0.25, -0.2) is 0 Å². The Balaban J connectivity index is 1.88. The molecule has 8 heteroatoms. The lowest BCUT2D eigenvalue weighted by molar-refractivity contribution is -0.140. The molecule has 152 valence electrons. The predicted molar refractivity (Wildman–Crippen MR) is 105 cm³/mol. The lowest BCUT2D eigenvalue weighted by Gasteiger charge is -2.24. The highest BCUT2D eigenvalue weighted by Gasteiger charge is 2.46. The van der Waals surface area contributed by atoms with Gasteiger partial charge in [-0.3, -0.25) is 14.6 Å². The normalized spacial score (nSPS) is 18.0. The Morgan fingerprint density at radius 2 is 1.97 bits per heavy atom. The Hall–Kier alpha value is -4.07. The zero-order chi connectivity index (χ0) is 21.3. The number of Topliss-reactive ketones (excluding diaryl/α,β-unsaturated/α-hetero) is 1. The Morgan fingerprint density at radius 1 is 1.20 bits per heavy atom. The van der Waals surface area contributed by atoms with E-state index in [0.717, 1.165) is 0 Å². The fourth-order valence-electron chi connectivity index (χ4n) is 3.50. The number of nitrogens with zero attached hydrogens (tertiary/aromatic N) is 2. The largest absolute Gasteiger partial charge is 0.507 e. The summed E-state index contributed by atoms with van der Waals surface area (Å²) in [4.78, 5) is 31.0. The molecule has 1 unspecified atom stereocenters. The molecule has 1 aliphatic rings. The van der Waals surface area contributed by atoms with E-state index >= 15 is 0 Å². The van der Waals surface area contributed by atoms with Gasteiger partial charge in [0.15, 0.2) is 11.5 Å². The fourth-order valence-corrected chi connectivity index (χ4v) is 3.50. The Kier molecular flexibility index (Phi) is 4.97. The van der Waals surface area contributed by atoms with Crippen molar-refractivity contribution in [3.63, 3.8) is 0 Å². The van der Waals surface area contributed by atoms with Crippen molar-refractivity contribution < 1.29 is 29.0 Å². The van der Waals surface area contributed by atoms with Crippen molar-refractivity contribution in [2.75, 3.05) is 7.11 Å². The van der Waals surface area contributed by atoms with Crippen molar-refractivity contribution >= 4 is 17.4 Å². The second-order valence-corrected chi connectivity index (χ2v) is 6.67. The van der Waals surface area contributed by atoms with Gasteiger partial charge in [0.2, 0.25) is 0 Å². The second-order valence-electron chi connectivity index (χ2n) is 6.67. The number of phenols is 1. The van der Waals surface area contributed by atoms with E-state index in [2.05, 4.69) is 4.98 Å². The molecule has 0 aliphatic carbocycles. The van der Waals surface area contributed by atoms with Crippen LogP contribution in [-0.2, 0) is 16.1 Å². The number of pyridine rings is 1. The van der Waals surface area contributed by atoms with Crippen LogP contribution in [0, 0.1) is 0 Å². The van der Waals surface area contributed by atoms with Gasteiger partial charge in [0.05, 0.1) is 31.5 Å². The monoisotopic (exact) mass is 406 g/mol. The molecule has 1 aromatic carbocycles. The summed E-state index contributed by atoms with van der Waals surface area (Å²) >= 11 is 0. The molecule has 2 N–H and O–H groups in total. The number of ketones is 1. The van der Waals surface area contributed by atoms with Crippen molar-refractivity contribution in [2.45, 2.75) is 12.6 Å². The number of benzene rings is 1. The summed E-state index contributed by atoms with van der Waals surface area (Å²) in [7, 11) is 1.42. The molecule has 1 saturated heterocycles. The van der Waals surface area contributed by atoms with Gasteiger partial charge in [-0.05, 0) is 42.0 Å². The molecule has 1 fully saturated rings. The molecular formula is C22H18N2O6. The first-order chi connectivity index (χ1) is 14.5. The Labute approximate surface area is 171 Å². The molecule has 8 nitrogen and oxygen atoms in total. The molecule has 30 heavy (non-hydrogen) atoms. The van der Waals surface area contributed by atoms with E-state index in [-0.39, 0.29) is 29.4 Å². The van der Waals surface area contributed by atoms with Crippen molar-refractivity contribution in [3.8, 4) is 11.5 Å². The van der Waals surface area contributed by atoms with Gasteiger partial charge in [0.1, 0.15) is 11.5 Å². The number of hydrogen-bond acceptors (Lipinski definition) is 7. The second kappa shape index (κ2) is 7.75. The third kappa shape index (κ3) is 3.28. The van der Waals surface area contributed by atoms with E-state index in [4.69, 9.17) is 9.15 Å². The van der Waals surface area contributed by atoms with Gasteiger partial charge in [0.25, 0.3) is 11.7 Å². The molecule has 3 aromatic rings. The molecule has 0 radical (unpaired) electrons. The summed E-state index contributed by atoms with van der Waals surface area (Å²) in [5, 5.41) is 21.1. The van der Waals surface area contributed by atoms with Crippen LogP contribution in [0.2, 0.25) is 0 Å². The molecular weight excluding hydrogens is 388 g/mol. The summed E-state index contributed by atoms with van der Waals surface area (Å²) in [5.41, 5.74) is 0.709. The quantitative estimate of drug-likeness (QED) is 0.380. The smallest absolute Gasteiger partial charge is 0.296 e. The molecule has 0 bridgehead atoms. The van der Waals surface area contributed by atoms with Gasteiger partial charge in [-0.15, -0.1) is 0 Å². The third-order valence-corrected chi connectivity index (χ3v) is 4.92. The van der Waals surface area contributed by atoms with E-state index in [1.165, 1.54) is 54.9 Å². The molecule has 2 aromatic heterocycles. The number of hydrogen-bond donors (Lipinski definition) is 2. The number of ether oxygens (including phenoxy) is 1. The number of aromatic hydroxyl groups is 1. The summed E-state index contributed by atoms with van der Waals surface area (Å²) in [6.07, 6.45) is 4.42. The zero-order valence-corrected chi connectivity index (χ0v) is 16.0. The maximum atomic E-state index is 12.9. The van der Waals surface area contributed by atoms with Gasteiger partial charge >= 0.3 is 0 Å². The average Bonchev–Trinajstić information content (AvgIpc) is 3.36. The van der Waals surface area contributed by atoms with Crippen LogP contribution in [0.25, 0.3) is 5.76 Å². The molecule has 0 saturated carbocycles. The summed E-state index contributed by atoms with van der Waals surface area (Å²) in [6.45, 7) is 0.0160. The van der Waals surface area contributed by atoms with E-state index < -0.39 is 17.7 Å². The third-order valence-electron chi connectivity index (χ3n) is 4.92. The number of carbonyl (C=O) groups is 2. The van der Waals surface area contributed by atoms with Crippen molar-refractivity contribution in [1.29, 1.82) is 0 Å². The van der Waals surface area contributed by atoms with E-state index in [9.17, 15) is 19.8 Å². The lowest BCUT2D eigenvalue weighted by Crippen LogP contribution is -2.29. The van der Waals surface area contributed by atoms with Gasteiger partial charge in [-0.2, -0.15) is 0 Å². The zero-order valence-electron chi connectivity index (χ0n) is 16.0. The number of aliphatic hydroxyl groups excluding tert-OH is 1. The van der Waals surface area contributed by atoms with Crippen LogP contribution >= 0.6 is 0 Å². The van der Waals surface area contributed by atoms with Crippen LogP contribution in [-0.4, -0.2) is 38.9 Å². The van der Waals surface area contributed by atoms with Crippen LogP contribution in [0.5, 0.6) is 11.5 Å². The minimum atomic E-state index is -0.930. The maximum Gasteiger partial charge on any atom is 0.296 e. The standard InChI is InChI=1S/C22H18N2O6/c1-29-17-5-4-14(11-16(17)25)19-18(20(26)13-6-8-23-9-7-13)21(27)22(28)24(19)12-15-3-2-10-30-15/h2-11,19,25-26H,12H2,1H3/b20-18-. The van der Waals surface area contributed by atoms with Crippen LogP contribution in [0.4, 0.5) is 0 Å². The minimum absolute atomic E-state index is 0.0160. The molecule has 1 atom stereocenters. The molecule has 0 spiro atoms. The van der Waals surface area contributed by atoms with Crippen LogP contribution < -0.4 is 4.74 Å². The topological polar surface area (TPSA) is 113 Å². The maximum absolute atomic E-state index is 12.9. The number of phenolic OH excluding ortho intramolecular Hbond substituents is 1. The highest BCUT2D eigenvalue weighted by molar-refractivity contribution is 6.46. The molecule has 1 aliphatic heterocycles. The Bertz CT molecular complexity index is 1120. The summed E-state index contributed by atoms with van der Waals surface area (Å²) < 4.78 is 10.4. The number of furan rings is 1. The number of rotatable bonds is 5.